The molecule has 5 rings (SSSR count). The lowest BCUT2D eigenvalue weighted by Gasteiger charge is -2.21. The van der Waals surface area contributed by atoms with Gasteiger partial charge in [0.05, 0.1) is 24.9 Å². The molecule has 1 atom stereocenters. The van der Waals surface area contributed by atoms with E-state index in [0.717, 1.165) is 12.1 Å². The molecule has 1 fully saturated rings. The van der Waals surface area contributed by atoms with Crippen LogP contribution in [0.25, 0.3) is 11.0 Å². The smallest absolute Gasteiger partial charge is 0.414 e. The predicted molar refractivity (Wildman–Crippen MR) is 124 cm³/mol. The highest BCUT2D eigenvalue weighted by atomic mass is 16.6. The molecule has 0 spiro atoms. The monoisotopic (exact) mass is 463 g/mol. The Hall–Kier alpha value is -3.88. The number of rotatable bonds is 8. The molecule has 0 unspecified atom stereocenters. The van der Waals surface area contributed by atoms with Crippen molar-refractivity contribution in [2.24, 2.45) is 0 Å². The molecule has 0 radical (unpaired) electrons. The van der Waals surface area contributed by atoms with Crippen LogP contribution in [-0.2, 0) is 4.74 Å². The van der Waals surface area contributed by atoms with Crippen LogP contribution in [0.2, 0.25) is 0 Å². The third-order valence-corrected chi connectivity index (χ3v) is 5.96. The number of pyridine rings is 2. The Labute approximate surface area is 196 Å². The Morgan fingerprint density at radius 2 is 1.97 bits per heavy atom. The van der Waals surface area contributed by atoms with Gasteiger partial charge in [-0.05, 0) is 43.5 Å². The predicted octanol–water partition coefficient (Wildman–Crippen LogP) is 4.18. The summed E-state index contributed by atoms with van der Waals surface area (Å²) in [5, 5.41) is 0. The summed E-state index contributed by atoms with van der Waals surface area (Å²) in [4.78, 5) is 35.5. The van der Waals surface area contributed by atoms with Crippen LogP contribution in [0.15, 0.2) is 42.6 Å². The van der Waals surface area contributed by atoms with Gasteiger partial charge in [-0.25, -0.2) is 9.78 Å². The number of carbonyl (C=O) groups excluding carboxylic acids is 2. The number of cyclic esters (lactones) is 1. The van der Waals surface area contributed by atoms with Crippen molar-refractivity contribution in [2.75, 3.05) is 31.8 Å². The van der Waals surface area contributed by atoms with Crippen molar-refractivity contribution in [1.29, 1.82) is 0 Å². The number of carbonyl (C=O) groups is 2. The highest BCUT2D eigenvalue weighted by molar-refractivity contribution is 6.05. The maximum atomic E-state index is 12.8. The Balaban J connectivity index is 1.15. The Morgan fingerprint density at radius 1 is 1.12 bits per heavy atom. The van der Waals surface area contributed by atoms with E-state index in [1.807, 2.05) is 12.1 Å². The van der Waals surface area contributed by atoms with E-state index in [9.17, 15) is 9.59 Å². The molecular formula is C25H25N3O6. The van der Waals surface area contributed by atoms with Gasteiger partial charge in [0.25, 0.3) is 0 Å². The van der Waals surface area contributed by atoms with Gasteiger partial charge in [0.1, 0.15) is 24.8 Å². The molecule has 0 bridgehead atoms. The first-order valence-electron chi connectivity index (χ1n) is 11.3. The second kappa shape index (κ2) is 9.54. The second-order valence-corrected chi connectivity index (χ2v) is 8.19. The van der Waals surface area contributed by atoms with Gasteiger partial charge in [0.2, 0.25) is 5.88 Å². The Kier molecular flexibility index (Phi) is 6.16. The van der Waals surface area contributed by atoms with Crippen LogP contribution in [0.4, 0.5) is 10.5 Å². The first kappa shape index (κ1) is 21.9. The summed E-state index contributed by atoms with van der Waals surface area (Å²) in [6, 6.07) is 10.7. The van der Waals surface area contributed by atoms with Gasteiger partial charge in [-0.1, -0.05) is 0 Å². The number of fused-ring (bicyclic) bond motifs is 2. The zero-order valence-electron chi connectivity index (χ0n) is 18.9. The van der Waals surface area contributed by atoms with E-state index in [4.69, 9.17) is 18.9 Å². The fraction of sp³-hybridized carbons (Fsp3) is 0.360. The first-order chi connectivity index (χ1) is 16.6. The maximum absolute atomic E-state index is 12.8. The van der Waals surface area contributed by atoms with Crippen molar-refractivity contribution in [3.8, 4) is 17.4 Å². The first-order valence-corrected chi connectivity index (χ1v) is 11.3. The molecule has 4 heterocycles. The molecule has 176 valence electrons. The third-order valence-electron chi connectivity index (χ3n) is 5.96. The molecule has 0 N–H and O–H groups in total. The van der Waals surface area contributed by atoms with E-state index in [1.165, 1.54) is 7.11 Å². The average Bonchev–Trinajstić information content (AvgIpc) is 3.25. The van der Waals surface area contributed by atoms with E-state index in [1.54, 1.807) is 35.4 Å². The van der Waals surface area contributed by atoms with Gasteiger partial charge in [0.15, 0.2) is 17.3 Å². The number of benzene rings is 1. The number of amides is 1. The topological polar surface area (TPSA) is 100 Å². The number of methoxy groups -OCH3 is 1. The molecule has 1 aromatic carbocycles. The molecule has 2 aliphatic heterocycles. The summed E-state index contributed by atoms with van der Waals surface area (Å²) in [6.45, 7) is 1.47. The van der Waals surface area contributed by atoms with E-state index in [-0.39, 0.29) is 18.0 Å². The van der Waals surface area contributed by atoms with Gasteiger partial charge in [-0.15, -0.1) is 0 Å². The lowest BCUT2D eigenvalue weighted by Crippen LogP contribution is -2.25. The summed E-state index contributed by atoms with van der Waals surface area (Å²) in [7, 11) is 1.54. The van der Waals surface area contributed by atoms with Crippen LogP contribution in [0, 0.1) is 0 Å². The number of hydrogen-bond donors (Lipinski definition) is 0. The fourth-order valence-corrected chi connectivity index (χ4v) is 4.22. The van der Waals surface area contributed by atoms with E-state index < -0.39 is 0 Å². The minimum absolute atomic E-state index is 0.00877. The number of aromatic nitrogens is 2. The van der Waals surface area contributed by atoms with Crippen LogP contribution in [0.1, 0.15) is 36.0 Å². The van der Waals surface area contributed by atoms with Crippen LogP contribution in [0.5, 0.6) is 17.4 Å². The lowest BCUT2D eigenvalue weighted by atomic mass is 10.0. The lowest BCUT2D eigenvalue weighted by molar-refractivity contribution is 0.0975. The third kappa shape index (κ3) is 4.46. The van der Waals surface area contributed by atoms with E-state index in [0.29, 0.717) is 73.0 Å². The number of ether oxygens (including phenoxy) is 4. The average molecular weight is 463 g/mol. The SMILES string of the molecule is COc1ccc2nccc(C(=O)CCCC[C@@H]3CN(c4ccc5c(c4)OCCO5)C(=O)O3)c2n1. The van der Waals surface area contributed by atoms with Gasteiger partial charge in [0, 0.05) is 30.3 Å². The summed E-state index contributed by atoms with van der Waals surface area (Å²) in [6.07, 6.45) is 3.54. The van der Waals surface area contributed by atoms with Crippen molar-refractivity contribution < 1.29 is 28.5 Å². The van der Waals surface area contributed by atoms with E-state index in [2.05, 4.69) is 9.97 Å². The molecular weight excluding hydrogens is 438 g/mol. The van der Waals surface area contributed by atoms with Gasteiger partial charge in [-0.3, -0.25) is 14.7 Å². The molecule has 34 heavy (non-hydrogen) atoms. The molecule has 1 saturated heterocycles. The highest BCUT2D eigenvalue weighted by Gasteiger charge is 2.32. The van der Waals surface area contributed by atoms with Crippen molar-refractivity contribution in [1.82, 2.24) is 9.97 Å². The Bertz CT molecular complexity index is 1230. The highest BCUT2D eigenvalue weighted by Crippen LogP contribution is 2.35. The zero-order valence-corrected chi connectivity index (χ0v) is 18.9. The molecule has 3 aromatic rings. The zero-order chi connectivity index (χ0) is 23.5. The normalized spacial score (nSPS) is 17.0. The van der Waals surface area contributed by atoms with Crippen molar-refractivity contribution >= 4 is 28.6 Å². The van der Waals surface area contributed by atoms with Crippen LogP contribution in [-0.4, -0.2) is 54.8 Å². The standard InChI is InChI=1S/C25H25N3O6/c1-31-23-9-7-19-24(27-23)18(10-11-26-19)20(29)5-3-2-4-17-15-28(25(30)34-17)16-6-8-21-22(14-16)33-13-12-32-21/h6-11,14,17H,2-5,12-13,15H2,1H3/t17-/m1/s1. The fourth-order valence-electron chi connectivity index (χ4n) is 4.22. The quantitative estimate of drug-likeness (QED) is 0.362. The van der Waals surface area contributed by atoms with Crippen molar-refractivity contribution in [3.05, 3.63) is 48.2 Å². The van der Waals surface area contributed by atoms with E-state index >= 15 is 0 Å². The summed E-state index contributed by atoms with van der Waals surface area (Å²) in [5.74, 6) is 1.77. The van der Waals surface area contributed by atoms with Crippen molar-refractivity contribution in [2.45, 2.75) is 31.8 Å². The molecule has 1 amide bonds. The van der Waals surface area contributed by atoms with Crippen LogP contribution >= 0.6 is 0 Å². The van der Waals surface area contributed by atoms with Gasteiger partial charge < -0.3 is 18.9 Å². The molecule has 2 aromatic heterocycles. The molecule has 0 saturated carbocycles. The number of hydrogen-bond acceptors (Lipinski definition) is 8. The number of nitrogens with zero attached hydrogens (tertiary/aromatic N) is 3. The molecule has 9 nitrogen and oxygen atoms in total. The van der Waals surface area contributed by atoms with Gasteiger partial charge >= 0.3 is 6.09 Å². The van der Waals surface area contributed by atoms with Crippen molar-refractivity contribution in [3.63, 3.8) is 0 Å². The van der Waals surface area contributed by atoms with Crippen LogP contribution < -0.4 is 19.1 Å². The summed E-state index contributed by atoms with van der Waals surface area (Å²) in [5.41, 5.74) is 2.47. The summed E-state index contributed by atoms with van der Waals surface area (Å²) < 4.78 is 21.9. The number of Topliss-reactive ketones (excluding diaryl/α,β-unsaturated/α-hetero) is 1. The minimum atomic E-state index is -0.374. The Morgan fingerprint density at radius 3 is 2.82 bits per heavy atom. The number of unbranched alkanes of at least 4 members (excludes halogenated alkanes) is 1. The summed E-state index contributed by atoms with van der Waals surface area (Å²) >= 11 is 0. The molecule has 9 heteroatoms. The number of anilines is 1. The minimum Gasteiger partial charge on any atom is -0.486 e. The largest absolute Gasteiger partial charge is 0.486 e. The van der Waals surface area contributed by atoms with Crippen LogP contribution in [0.3, 0.4) is 0 Å². The number of ketones is 1. The molecule has 2 aliphatic rings. The van der Waals surface area contributed by atoms with Gasteiger partial charge in [-0.2, -0.15) is 0 Å². The maximum Gasteiger partial charge on any atom is 0.414 e. The molecule has 0 aliphatic carbocycles. The second-order valence-electron chi connectivity index (χ2n) is 8.19.